The molecule has 0 spiro atoms. The fourth-order valence-corrected chi connectivity index (χ4v) is 1.90. The van der Waals surface area contributed by atoms with Crippen LogP contribution >= 0.6 is 11.6 Å². The van der Waals surface area contributed by atoms with Gasteiger partial charge in [0.15, 0.2) is 0 Å². The largest absolute Gasteiger partial charge is 0.338 e. The van der Waals surface area contributed by atoms with Crippen molar-refractivity contribution in [3.05, 3.63) is 34.9 Å². The smallest absolute Gasteiger partial charge is 0.239 e. The molecule has 0 saturated heterocycles. The molecule has 1 aromatic carbocycles. The normalized spacial score (nSPS) is 14.4. The SMILES string of the molecule is CC(C)C(N)C(=O)N(C)C(C)c1cccc(Cl)c1. The predicted octanol–water partition coefficient (Wildman–Crippen LogP) is 2.84. The Balaban J connectivity index is 2.84. The number of carbonyl (C=O) groups excluding carboxylic acids is 1. The van der Waals surface area contributed by atoms with Gasteiger partial charge in [-0.2, -0.15) is 0 Å². The van der Waals surface area contributed by atoms with E-state index in [9.17, 15) is 4.79 Å². The summed E-state index contributed by atoms with van der Waals surface area (Å²) in [5.74, 6) is 0.0870. The van der Waals surface area contributed by atoms with E-state index in [1.165, 1.54) is 0 Å². The molecule has 1 amide bonds. The molecule has 0 aliphatic rings. The Morgan fingerprint density at radius 1 is 1.33 bits per heavy atom. The topological polar surface area (TPSA) is 46.3 Å². The first kappa shape index (κ1) is 15.0. The standard InChI is InChI=1S/C14H21ClN2O/c1-9(2)13(16)14(18)17(4)10(3)11-6-5-7-12(15)8-11/h5-10,13H,16H2,1-4H3. The maximum atomic E-state index is 12.2. The van der Waals surface area contributed by atoms with E-state index in [-0.39, 0.29) is 17.9 Å². The van der Waals surface area contributed by atoms with Crippen molar-refractivity contribution in [2.45, 2.75) is 32.9 Å². The average Bonchev–Trinajstić information content (AvgIpc) is 2.35. The Bertz CT molecular complexity index is 420. The summed E-state index contributed by atoms with van der Waals surface area (Å²) in [6, 6.07) is 7.03. The molecule has 0 heterocycles. The third-order valence-electron chi connectivity index (χ3n) is 3.26. The second-order valence-corrected chi connectivity index (χ2v) is 5.39. The lowest BCUT2D eigenvalue weighted by Gasteiger charge is -2.29. The molecule has 2 unspecified atom stereocenters. The summed E-state index contributed by atoms with van der Waals surface area (Å²) in [4.78, 5) is 13.8. The Morgan fingerprint density at radius 3 is 2.44 bits per heavy atom. The number of nitrogens with two attached hydrogens (primary N) is 1. The van der Waals surface area contributed by atoms with Gasteiger partial charge in [0.05, 0.1) is 12.1 Å². The van der Waals surface area contributed by atoms with E-state index in [0.717, 1.165) is 5.56 Å². The fourth-order valence-electron chi connectivity index (χ4n) is 1.70. The minimum absolute atomic E-state index is 0.0407. The van der Waals surface area contributed by atoms with Gasteiger partial charge in [0.2, 0.25) is 5.91 Å². The minimum Gasteiger partial charge on any atom is -0.338 e. The third-order valence-corrected chi connectivity index (χ3v) is 3.50. The average molecular weight is 269 g/mol. The molecular weight excluding hydrogens is 248 g/mol. The molecule has 0 aliphatic carbocycles. The van der Waals surface area contributed by atoms with Crippen molar-refractivity contribution in [1.82, 2.24) is 4.90 Å². The fraction of sp³-hybridized carbons (Fsp3) is 0.500. The molecule has 0 fully saturated rings. The van der Waals surface area contributed by atoms with Crippen molar-refractivity contribution in [3.8, 4) is 0 Å². The molecule has 3 nitrogen and oxygen atoms in total. The summed E-state index contributed by atoms with van der Waals surface area (Å²) in [7, 11) is 1.77. The lowest BCUT2D eigenvalue weighted by molar-refractivity contribution is -0.134. The highest BCUT2D eigenvalue weighted by molar-refractivity contribution is 6.30. The van der Waals surface area contributed by atoms with Gasteiger partial charge in [0.1, 0.15) is 0 Å². The van der Waals surface area contributed by atoms with Crippen molar-refractivity contribution >= 4 is 17.5 Å². The summed E-state index contributed by atoms with van der Waals surface area (Å²) in [5.41, 5.74) is 6.90. The zero-order valence-electron chi connectivity index (χ0n) is 11.4. The van der Waals surface area contributed by atoms with Gasteiger partial charge in [0.25, 0.3) is 0 Å². The quantitative estimate of drug-likeness (QED) is 0.913. The first-order valence-corrected chi connectivity index (χ1v) is 6.50. The highest BCUT2D eigenvalue weighted by Gasteiger charge is 2.24. The van der Waals surface area contributed by atoms with Gasteiger partial charge in [-0.25, -0.2) is 0 Å². The number of halogens is 1. The number of likely N-dealkylation sites (N-methyl/N-ethyl adjacent to an activating group) is 1. The first-order valence-electron chi connectivity index (χ1n) is 6.12. The summed E-state index contributed by atoms with van der Waals surface area (Å²) < 4.78 is 0. The zero-order chi connectivity index (χ0) is 13.9. The highest BCUT2D eigenvalue weighted by Crippen LogP contribution is 2.22. The zero-order valence-corrected chi connectivity index (χ0v) is 12.1. The van der Waals surface area contributed by atoms with Gasteiger partial charge in [-0.1, -0.05) is 37.6 Å². The number of benzene rings is 1. The summed E-state index contributed by atoms with van der Waals surface area (Å²) in [5, 5.41) is 0.674. The van der Waals surface area contributed by atoms with Crippen molar-refractivity contribution in [2.24, 2.45) is 11.7 Å². The van der Waals surface area contributed by atoms with Crippen molar-refractivity contribution in [2.75, 3.05) is 7.05 Å². The summed E-state index contributed by atoms with van der Waals surface area (Å²) in [6.45, 7) is 5.86. The lowest BCUT2D eigenvalue weighted by atomic mass is 10.0. The van der Waals surface area contributed by atoms with Gasteiger partial charge >= 0.3 is 0 Å². The third kappa shape index (κ3) is 3.47. The van der Waals surface area contributed by atoms with Gasteiger partial charge < -0.3 is 10.6 Å². The van der Waals surface area contributed by atoms with Crippen LogP contribution in [0.15, 0.2) is 24.3 Å². The second kappa shape index (κ2) is 6.21. The summed E-state index contributed by atoms with van der Waals surface area (Å²) >= 11 is 5.96. The Hall–Kier alpha value is -1.06. The molecule has 0 saturated carbocycles. The molecule has 1 rings (SSSR count). The number of rotatable bonds is 4. The Labute approximate surface area is 114 Å². The van der Waals surface area contributed by atoms with Crippen LogP contribution in [0.1, 0.15) is 32.4 Å². The number of carbonyl (C=O) groups is 1. The van der Waals surface area contributed by atoms with Crippen LogP contribution in [0, 0.1) is 5.92 Å². The lowest BCUT2D eigenvalue weighted by Crippen LogP contribution is -2.45. The number of hydrogen-bond acceptors (Lipinski definition) is 2. The number of nitrogens with zero attached hydrogens (tertiary/aromatic N) is 1. The van der Waals surface area contributed by atoms with Crippen molar-refractivity contribution in [3.63, 3.8) is 0 Å². The maximum Gasteiger partial charge on any atom is 0.239 e. The molecule has 100 valence electrons. The molecule has 1 aromatic rings. The maximum absolute atomic E-state index is 12.2. The van der Waals surface area contributed by atoms with Gasteiger partial charge in [-0.15, -0.1) is 0 Å². The molecule has 0 bridgehead atoms. The predicted molar refractivity (Wildman–Crippen MR) is 75.5 cm³/mol. The Morgan fingerprint density at radius 2 is 1.94 bits per heavy atom. The molecule has 2 N–H and O–H groups in total. The van der Waals surface area contributed by atoms with Crippen LogP contribution in [-0.4, -0.2) is 23.9 Å². The van der Waals surface area contributed by atoms with Crippen LogP contribution in [0.5, 0.6) is 0 Å². The molecule has 2 atom stereocenters. The van der Waals surface area contributed by atoms with Gasteiger partial charge in [-0.3, -0.25) is 4.79 Å². The number of amides is 1. The van der Waals surface area contributed by atoms with E-state index in [4.69, 9.17) is 17.3 Å². The van der Waals surface area contributed by atoms with Crippen molar-refractivity contribution in [1.29, 1.82) is 0 Å². The highest BCUT2D eigenvalue weighted by atomic mass is 35.5. The van der Waals surface area contributed by atoms with Crippen LogP contribution in [0.3, 0.4) is 0 Å². The molecule has 4 heteroatoms. The van der Waals surface area contributed by atoms with Crippen LogP contribution in [0.2, 0.25) is 5.02 Å². The van der Waals surface area contributed by atoms with Crippen LogP contribution in [-0.2, 0) is 4.79 Å². The molecule has 18 heavy (non-hydrogen) atoms. The van der Waals surface area contributed by atoms with Gasteiger partial charge in [0, 0.05) is 12.1 Å². The van der Waals surface area contributed by atoms with Crippen LogP contribution < -0.4 is 5.73 Å². The van der Waals surface area contributed by atoms with E-state index in [0.29, 0.717) is 5.02 Å². The van der Waals surface area contributed by atoms with E-state index in [2.05, 4.69) is 0 Å². The van der Waals surface area contributed by atoms with Gasteiger partial charge in [-0.05, 0) is 30.5 Å². The molecule has 0 aliphatic heterocycles. The first-order chi connectivity index (χ1) is 8.34. The molecular formula is C14H21ClN2O. The van der Waals surface area contributed by atoms with E-state index >= 15 is 0 Å². The summed E-state index contributed by atoms with van der Waals surface area (Å²) in [6.07, 6.45) is 0. The van der Waals surface area contributed by atoms with Crippen LogP contribution in [0.25, 0.3) is 0 Å². The van der Waals surface area contributed by atoms with E-state index < -0.39 is 6.04 Å². The van der Waals surface area contributed by atoms with Crippen molar-refractivity contribution < 1.29 is 4.79 Å². The Kier molecular flexibility index (Phi) is 5.17. The molecule has 0 radical (unpaired) electrons. The molecule has 0 aromatic heterocycles. The minimum atomic E-state index is -0.461. The number of hydrogen-bond donors (Lipinski definition) is 1. The second-order valence-electron chi connectivity index (χ2n) is 4.95. The van der Waals surface area contributed by atoms with Crippen LogP contribution in [0.4, 0.5) is 0 Å². The van der Waals surface area contributed by atoms with E-state index in [1.807, 2.05) is 45.0 Å². The monoisotopic (exact) mass is 268 g/mol. The van der Waals surface area contributed by atoms with E-state index in [1.54, 1.807) is 11.9 Å².